The van der Waals surface area contributed by atoms with Crippen molar-refractivity contribution in [3.05, 3.63) is 17.8 Å². The van der Waals surface area contributed by atoms with Gasteiger partial charge in [0.1, 0.15) is 5.60 Å². The van der Waals surface area contributed by atoms with Crippen molar-refractivity contribution in [2.45, 2.75) is 38.0 Å². The molecule has 72 valence electrons. The average molecular weight is 185 g/mol. The standard InChI is InChI=1S/C9H12FNO2/c1-8(2,10)7-11-5-6(13-7)9(12)3-4-9/h5,12H,3-4H2,1-2H3. The first-order valence-electron chi connectivity index (χ1n) is 4.30. The molecule has 1 aliphatic rings. The molecule has 3 nitrogen and oxygen atoms in total. The number of oxazole rings is 1. The number of alkyl halides is 1. The van der Waals surface area contributed by atoms with Crippen LogP contribution in [-0.2, 0) is 11.3 Å². The Kier molecular flexibility index (Phi) is 1.55. The van der Waals surface area contributed by atoms with Gasteiger partial charge in [0.25, 0.3) is 0 Å². The molecule has 1 heterocycles. The van der Waals surface area contributed by atoms with Crippen molar-refractivity contribution in [1.29, 1.82) is 0 Å². The Morgan fingerprint density at radius 2 is 2.23 bits per heavy atom. The van der Waals surface area contributed by atoms with Crippen LogP contribution in [0.4, 0.5) is 4.39 Å². The monoisotopic (exact) mass is 185 g/mol. The Morgan fingerprint density at radius 1 is 1.62 bits per heavy atom. The molecule has 0 saturated heterocycles. The van der Waals surface area contributed by atoms with Crippen LogP contribution in [0.3, 0.4) is 0 Å². The fraction of sp³-hybridized carbons (Fsp3) is 0.667. The minimum atomic E-state index is -1.58. The average Bonchev–Trinajstić information content (AvgIpc) is 2.60. The third-order valence-corrected chi connectivity index (χ3v) is 2.20. The minimum absolute atomic E-state index is 0.0304. The molecule has 1 fully saturated rings. The zero-order valence-electron chi connectivity index (χ0n) is 7.67. The van der Waals surface area contributed by atoms with Gasteiger partial charge in [-0.15, -0.1) is 0 Å². The second-order valence-corrected chi connectivity index (χ2v) is 4.03. The zero-order valence-corrected chi connectivity index (χ0v) is 7.67. The highest BCUT2D eigenvalue weighted by atomic mass is 19.1. The van der Waals surface area contributed by atoms with E-state index in [9.17, 15) is 9.50 Å². The third-order valence-electron chi connectivity index (χ3n) is 2.20. The molecular weight excluding hydrogens is 173 g/mol. The van der Waals surface area contributed by atoms with Gasteiger partial charge in [-0.3, -0.25) is 0 Å². The van der Waals surface area contributed by atoms with E-state index < -0.39 is 11.3 Å². The van der Waals surface area contributed by atoms with Crippen LogP contribution in [0.15, 0.2) is 10.6 Å². The second kappa shape index (κ2) is 2.32. The molecule has 0 bridgehead atoms. The molecule has 1 saturated carbocycles. The highest BCUT2D eigenvalue weighted by Gasteiger charge is 2.46. The molecule has 1 aliphatic carbocycles. The first-order chi connectivity index (χ1) is 5.92. The van der Waals surface area contributed by atoms with E-state index in [4.69, 9.17) is 4.42 Å². The number of hydrogen-bond acceptors (Lipinski definition) is 3. The largest absolute Gasteiger partial charge is 0.439 e. The van der Waals surface area contributed by atoms with E-state index in [1.54, 1.807) is 0 Å². The van der Waals surface area contributed by atoms with Crippen molar-refractivity contribution in [1.82, 2.24) is 4.98 Å². The quantitative estimate of drug-likeness (QED) is 0.764. The lowest BCUT2D eigenvalue weighted by Gasteiger charge is -2.08. The molecule has 1 aromatic heterocycles. The Bertz CT molecular complexity index is 303. The molecule has 0 aromatic carbocycles. The SMILES string of the molecule is CC(C)(F)c1ncc(C2(O)CC2)o1. The summed E-state index contributed by atoms with van der Waals surface area (Å²) in [5, 5.41) is 9.62. The van der Waals surface area contributed by atoms with Gasteiger partial charge in [0.2, 0.25) is 5.89 Å². The maximum absolute atomic E-state index is 13.3. The van der Waals surface area contributed by atoms with Crippen molar-refractivity contribution >= 4 is 0 Å². The van der Waals surface area contributed by atoms with E-state index in [-0.39, 0.29) is 5.89 Å². The van der Waals surface area contributed by atoms with Gasteiger partial charge in [0.05, 0.1) is 6.20 Å². The molecule has 13 heavy (non-hydrogen) atoms. The van der Waals surface area contributed by atoms with E-state index in [0.29, 0.717) is 18.6 Å². The molecule has 1 N–H and O–H groups in total. The van der Waals surface area contributed by atoms with Gasteiger partial charge in [0.15, 0.2) is 11.4 Å². The van der Waals surface area contributed by atoms with Crippen molar-refractivity contribution in [3.8, 4) is 0 Å². The second-order valence-electron chi connectivity index (χ2n) is 4.03. The van der Waals surface area contributed by atoms with Crippen LogP contribution >= 0.6 is 0 Å². The van der Waals surface area contributed by atoms with Crippen LogP contribution in [0, 0.1) is 0 Å². The molecule has 1 aromatic rings. The predicted octanol–water partition coefficient (Wildman–Crippen LogP) is 1.86. The maximum Gasteiger partial charge on any atom is 0.231 e. The molecule has 0 radical (unpaired) electrons. The number of nitrogens with zero attached hydrogens (tertiary/aromatic N) is 1. The summed E-state index contributed by atoms with van der Waals surface area (Å²) in [7, 11) is 0. The number of halogens is 1. The van der Waals surface area contributed by atoms with Crippen LogP contribution in [0.5, 0.6) is 0 Å². The van der Waals surface area contributed by atoms with E-state index in [1.165, 1.54) is 20.0 Å². The molecule has 0 atom stereocenters. The van der Waals surface area contributed by atoms with Crippen LogP contribution in [0.1, 0.15) is 38.3 Å². The number of aliphatic hydroxyl groups is 1. The Morgan fingerprint density at radius 3 is 2.62 bits per heavy atom. The van der Waals surface area contributed by atoms with Gasteiger partial charge >= 0.3 is 0 Å². The van der Waals surface area contributed by atoms with Gasteiger partial charge in [-0.2, -0.15) is 0 Å². The van der Waals surface area contributed by atoms with Crippen LogP contribution in [0.2, 0.25) is 0 Å². The molecule has 0 amide bonds. The normalized spacial score (nSPS) is 20.3. The maximum atomic E-state index is 13.3. The summed E-state index contributed by atoms with van der Waals surface area (Å²) in [6, 6.07) is 0. The van der Waals surface area contributed by atoms with Crippen molar-refractivity contribution in [3.63, 3.8) is 0 Å². The molecule has 0 spiro atoms. The predicted molar refractivity (Wildman–Crippen MR) is 43.8 cm³/mol. The third kappa shape index (κ3) is 1.46. The fourth-order valence-corrected chi connectivity index (χ4v) is 1.13. The number of aromatic nitrogens is 1. The number of rotatable bonds is 2. The minimum Gasteiger partial charge on any atom is -0.439 e. The summed E-state index contributed by atoms with van der Waals surface area (Å²) in [6.07, 6.45) is 2.76. The van der Waals surface area contributed by atoms with E-state index >= 15 is 0 Å². The summed E-state index contributed by atoms with van der Waals surface area (Å²) < 4.78 is 18.4. The van der Waals surface area contributed by atoms with Gasteiger partial charge in [-0.1, -0.05) is 0 Å². The number of hydrogen-bond donors (Lipinski definition) is 1. The lowest BCUT2D eigenvalue weighted by Crippen LogP contribution is -2.09. The van der Waals surface area contributed by atoms with E-state index in [2.05, 4.69) is 4.98 Å². The highest BCUT2D eigenvalue weighted by molar-refractivity contribution is 5.15. The van der Waals surface area contributed by atoms with Crippen LogP contribution < -0.4 is 0 Å². The van der Waals surface area contributed by atoms with Crippen LogP contribution in [-0.4, -0.2) is 10.1 Å². The van der Waals surface area contributed by atoms with Gasteiger partial charge in [0, 0.05) is 0 Å². The Balaban J connectivity index is 2.29. The van der Waals surface area contributed by atoms with Gasteiger partial charge < -0.3 is 9.52 Å². The summed E-state index contributed by atoms with van der Waals surface area (Å²) in [6.45, 7) is 2.75. The van der Waals surface area contributed by atoms with Crippen molar-refractivity contribution < 1.29 is 13.9 Å². The first-order valence-corrected chi connectivity index (χ1v) is 4.30. The zero-order chi connectivity index (χ0) is 9.69. The smallest absolute Gasteiger partial charge is 0.231 e. The van der Waals surface area contributed by atoms with Crippen molar-refractivity contribution in [2.75, 3.05) is 0 Å². The van der Waals surface area contributed by atoms with Crippen molar-refractivity contribution in [2.24, 2.45) is 0 Å². The summed E-state index contributed by atoms with van der Waals surface area (Å²) in [5.41, 5.74) is -2.44. The highest BCUT2D eigenvalue weighted by Crippen LogP contribution is 2.46. The van der Waals surface area contributed by atoms with E-state index in [1.807, 2.05) is 0 Å². The summed E-state index contributed by atoms with van der Waals surface area (Å²) >= 11 is 0. The Labute approximate surface area is 75.6 Å². The molecular formula is C9H12FNO2. The van der Waals surface area contributed by atoms with Gasteiger partial charge in [-0.05, 0) is 26.7 Å². The molecule has 2 rings (SSSR count). The summed E-state index contributed by atoms with van der Waals surface area (Å²) in [5.74, 6) is 0.413. The lowest BCUT2D eigenvalue weighted by molar-refractivity contribution is 0.107. The molecule has 4 heteroatoms. The van der Waals surface area contributed by atoms with Crippen LogP contribution in [0.25, 0.3) is 0 Å². The van der Waals surface area contributed by atoms with E-state index in [0.717, 1.165) is 0 Å². The Hall–Kier alpha value is -0.900. The van der Waals surface area contributed by atoms with Gasteiger partial charge in [-0.25, -0.2) is 9.37 Å². The summed E-state index contributed by atoms with van der Waals surface area (Å²) in [4.78, 5) is 3.79. The molecule has 0 aliphatic heterocycles. The lowest BCUT2D eigenvalue weighted by atomic mass is 10.2. The molecule has 0 unspecified atom stereocenters. The first kappa shape index (κ1) is 8.69. The topological polar surface area (TPSA) is 46.3 Å². The fourth-order valence-electron chi connectivity index (χ4n) is 1.13.